The van der Waals surface area contributed by atoms with E-state index >= 15 is 0 Å². The number of methoxy groups -OCH3 is 1. The molecule has 0 heterocycles. The third kappa shape index (κ3) is 5.64. The minimum atomic E-state index is -0.241. The molecule has 0 N–H and O–H groups in total. The molecule has 0 spiro atoms. The maximum absolute atomic E-state index is 5.98. The fraction of sp³-hybridized carbons (Fsp3) is 0.700. The van der Waals surface area contributed by atoms with Crippen molar-refractivity contribution >= 4 is 0 Å². The first-order valence-corrected chi connectivity index (χ1v) is 8.44. The monoisotopic (exact) mass is 306 g/mol. The molecule has 0 saturated heterocycles. The maximum Gasteiger partial charge on any atom is 0.204 e. The van der Waals surface area contributed by atoms with Crippen LogP contribution in [0.3, 0.4) is 0 Å². The molecule has 22 heavy (non-hydrogen) atoms. The van der Waals surface area contributed by atoms with E-state index in [1.54, 1.807) is 7.11 Å². The first-order valence-electron chi connectivity index (χ1n) is 8.44. The highest BCUT2D eigenvalue weighted by Crippen LogP contribution is 2.32. The molecular weight excluding hydrogens is 272 g/mol. The molecule has 0 bridgehead atoms. The van der Waals surface area contributed by atoms with Crippen LogP contribution >= 0.6 is 0 Å². The van der Waals surface area contributed by atoms with E-state index in [4.69, 9.17) is 9.47 Å². The van der Waals surface area contributed by atoms with Crippen molar-refractivity contribution in [3.63, 3.8) is 0 Å². The molecule has 0 aliphatic heterocycles. The van der Waals surface area contributed by atoms with Gasteiger partial charge in [-0.05, 0) is 41.9 Å². The van der Waals surface area contributed by atoms with Crippen molar-refractivity contribution in [1.82, 2.24) is 0 Å². The highest BCUT2D eigenvalue weighted by molar-refractivity contribution is 5.30. The van der Waals surface area contributed by atoms with Gasteiger partial charge in [0, 0.05) is 12.5 Å². The van der Waals surface area contributed by atoms with Gasteiger partial charge in [-0.15, -0.1) is 0 Å². The van der Waals surface area contributed by atoms with Crippen LogP contribution in [0.5, 0.6) is 5.75 Å². The standard InChI is InChI=1S/C20H34O2/c1-14(2)13-18(15(3)4)16-9-11-17(12-10-16)22-19(21-8)20(5,6)7/h9-12,14-15,18-19H,13H2,1-8H3. The largest absolute Gasteiger partial charge is 0.464 e. The molecule has 1 rings (SSSR count). The average Bonchev–Trinajstić information content (AvgIpc) is 2.41. The van der Waals surface area contributed by atoms with Crippen molar-refractivity contribution in [1.29, 1.82) is 0 Å². The smallest absolute Gasteiger partial charge is 0.204 e. The molecule has 1 aromatic carbocycles. The van der Waals surface area contributed by atoms with E-state index in [2.05, 4.69) is 72.7 Å². The molecule has 2 nitrogen and oxygen atoms in total. The van der Waals surface area contributed by atoms with Crippen LogP contribution in [-0.2, 0) is 4.74 Å². The summed E-state index contributed by atoms with van der Waals surface area (Å²) in [5.41, 5.74) is 1.35. The Hall–Kier alpha value is -1.02. The van der Waals surface area contributed by atoms with Crippen LogP contribution in [0.25, 0.3) is 0 Å². The van der Waals surface area contributed by atoms with Crippen molar-refractivity contribution < 1.29 is 9.47 Å². The van der Waals surface area contributed by atoms with Crippen LogP contribution < -0.4 is 4.74 Å². The van der Waals surface area contributed by atoms with Gasteiger partial charge in [0.15, 0.2) is 0 Å². The van der Waals surface area contributed by atoms with E-state index in [1.807, 2.05) is 0 Å². The summed E-state index contributed by atoms with van der Waals surface area (Å²) < 4.78 is 11.4. The molecule has 0 amide bonds. The van der Waals surface area contributed by atoms with Gasteiger partial charge in [-0.2, -0.15) is 0 Å². The summed E-state index contributed by atoms with van der Waals surface area (Å²) in [5.74, 6) is 2.84. The first-order chi connectivity index (χ1) is 10.1. The lowest BCUT2D eigenvalue weighted by molar-refractivity contribution is -0.120. The van der Waals surface area contributed by atoms with Crippen molar-refractivity contribution in [2.75, 3.05) is 7.11 Å². The zero-order valence-electron chi connectivity index (χ0n) is 15.6. The number of benzene rings is 1. The van der Waals surface area contributed by atoms with Crippen LogP contribution in [0, 0.1) is 17.3 Å². The predicted molar refractivity (Wildman–Crippen MR) is 94.4 cm³/mol. The molecule has 0 fully saturated rings. The Morgan fingerprint density at radius 3 is 1.86 bits per heavy atom. The molecule has 126 valence electrons. The van der Waals surface area contributed by atoms with Gasteiger partial charge in [0.25, 0.3) is 0 Å². The van der Waals surface area contributed by atoms with Crippen LogP contribution in [0.2, 0.25) is 0 Å². The number of ether oxygens (including phenoxy) is 2. The van der Waals surface area contributed by atoms with E-state index in [0.717, 1.165) is 5.75 Å². The molecule has 1 aromatic rings. The fourth-order valence-electron chi connectivity index (χ4n) is 2.80. The Balaban J connectivity index is 2.85. The summed E-state index contributed by atoms with van der Waals surface area (Å²) in [6.45, 7) is 15.5. The minimum Gasteiger partial charge on any atom is -0.464 e. The summed E-state index contributed by atoms with van der Waals surface area (Å²) in [4.78, 5) is 0. The second kappa shape index (κ2) is 8.01. The van der Waals surface area contributed by atoms with Crippen LogP contribution in [0.4, 0.5) is 0 Å². The summed E-state index contributed by atoms with van der Waals surface area (Å²) >= 11 is 0. The van der Waals surface area contributed by atoms with Gasteiger partial charge in [0.1, 0.15) is 5.75 Å². The Morgan fingerprint density at radius 2 is 1.50 bits per heavy atom. The van der Waals surface area contributed by atoms with E-state index in [1.165, 1.54) is 12.0 Å². The molecule has 0 aliphatic rings. The van der Waals surface area contributed by atoms with E-state index in [9.17, 15) is 0 Å². The number of hydrogen-bond acceptors (Lipinski definition) is 2. The van der Waals surface area contributed by atoms with Crippen molar-refractivity contribution in [2.24, 2.45) is 17.3 Å². The highest BCUT2D eigenvalue weighted by Gasteiger charge is 2.26. The molecule has 0 aliphatic carbocycles. The Labute approximate surface area is 137 Å². The van der Waals surface area contributed by atoms with Gasteiger partial charge in [-0.25, -0.2) is 0 Å². The van der Waals surface area contributed by atoms with Gasteiger partial charge in [0.05, 0.1) is 0 Å². The van der Waals surface area contributed by atoms with E-state index in [-0.39, 0.29) is 11.7 Å². The second-order valence-corrected chi connectivity index (χ2v) is 8.10. The molecule has 2 unspecified atom stereocenters. The summed E-state index contributed by atoms with van der Waals surface area (Å²) in [6.07, 6.45) is 0.982. The summed E-state index contributed by atoms with van der Waals surface area (Å²) in [5, 5.41) is 0. The Kier molecular flexibility index (Phi) is 6.93. The Morgan fingerprint density at radius 1 is 0.955 bits per heavy atom. The number of hydrogen-bond donors (Lipinski definition) is 0. The normalized spacial score (nSPS) is 15.2. The van der Waals surface area contributed by atoms with Gasteiger partial charge in [-0.3, -0.25) is 0 Å². The second-order valence-electron chi connectivity index (χ2n) is 8.10. The van der Waals surface area contributed by atoms with Gasteiger partial charge < -0.3 is 9.47 Å². The van der Waals surface area contributed by atoms with Gasteiger partial charge in [0.2, 0.25) is 6.29 Å². The van der Waals surface area contributed by atoms with Crippen LogP contribution in [0.1, 0.15) is 66.4 Å². The molecular formula is C20H34O2. The van der Waals surface area contributed by atoms with Gasteiger partial charge in [-0.1, -0.05) is 60.6 Å². The molecule has 0 saturated carbocycles. The molecule has 2 atom stereocenters. The lowest BCUT2D eigenvalue weighted by Gasteiger charge is -2.30. The Bertz CT molecular complexity index is 426. The lowest BCUT2D eigenvalue weighted by Crippen LogP contribution is -2.33. The SMILES string of the molecule is COC(Oc1ccc(C(CC(C)C)C(C)C)cc1)C(C)(C)C. The number of rotatable bonds is 7. The zero-order chi connectivity index (χ0) is 16.9. The third-order valence-electron chi connectivity index (χ3n) is 4.00. The van der Waals surface area contributed by atoms with Crippen LogP contribution in [-0.4, -0.2) is 13.4 Å². The maximum atomic E-state index is 5.98. The summed E-state index contributed by atoms with van der Waals surface area (Å²) in [7, 11) is 1.70. The average molecular weight is 306 g/mol. The van der Waals surface area contributed by atoms with Crippen molar-refractivity contribution in [3.8, 4) is 5.75 Å². The molecule has 2 heteroatoms. The van der Waals surface area contributed by atoms with Gasteiger partial charge >= 0.3 is 0 Å². The summed E-state index contributed by atoms with van der Waals surface area (Å²) in [6, 6.07) is 8.56. The van der Waals surface area contributed by atoms with E-state index < -0.39 is 0 Å². The quantitative estimate of drug-likeness (QED) is 0.586. The zero-order valence-corrected chi connectivity index (χ0v) is 15.6. The lowest BCUT2D eigenvalue weighted by atomic mass is 9.82. The molecule has 0 aromatic heterocycles. The van der Waals surface area contributed by atoms with E-state index in [0.29, 0.717) is 17.8 Å². The highest BCUT2D eigenvalue weighted by atomic mass is 16.7. The first kappa shape index (κ1) is 19.0. The topological polar surface area (TPSA) is 18.5 Å². The molecule has 0 radical (unpaired) electrons. The van der Waals surface area contributed by atoms with Crippen LogP contribution in [0.15, 0.2) is 24.3 Å². The van der Waals surface area contributed by atoms with Crippen molar-refractivity contribution in [2.45, 2.75) is 67.1 Å². The minimum absolute atomic E-state index is 0.0501. The van der Waals surface area contributed by atoms with Crippen molar-refractivity contribution in [3.05, 3.63) is 29.8 Å². The predicted octanol–water partition coefficient (Wildman–Crippen LogP) is 5.87. The third-order valence-corrected chi connectivity index (χ3v) is 4.00. The fourth-order valence-corrected chi connectivity index (χ4v) is 2.80.